The van der Waals surface area contributed by atoms with Crippen LogP contribution in [0.3, 0.4) is 0 Å². The van der Waals surface area contributed by atoms with Gasteiger partial charge in [0.2, 0.25) is 0 Å². The van der Waals surface area contributed by atoms with Crippen LogP contribution in [-0.4, -0.2) is 17.1 Å². The summed E-state index contributed by atoms with van der Waals surface area (Å²) in [5, 5.41) is 17.2. The van der Waals surface area contributed by atoms with Crippen molar-refractivity contribution in [2.24, 2.45) is 17.6 Å². The van der Waals surface area contributed by atoms with Gasteiger partial charge in [0, 0.05) is 0 Å². The number of nitrogens with two attached hydrogens (primary N) is 1. The predicted octanol–water partition coefficient (Wildman–Crippen LogP) is 0.338. The third-order valence-corrected chi connectivity index (χ3v) is 2.18. The molecule has 0 amide bonds. The van der Waals surface area contributed by atoms with Crippen LogP contribution in [0.15, 0.2) is 0 Å². The molecule has 3 N–H and O–H groups in total. The van der Waals surface area contributed by atoms with Gasteiger partial charge in [-0.25, -0.2) is 0 Å². The van der Waals surface area contributed by atoms with Crippen LogP contribution in [0, 0.1) is 23.2 Å². The topological polar surface area (TPSA) is 87.1 Å². The van der Waals surface area contributed by atoms with E-state index < -0.39 is 12.0 Å². The fraction of sp³-hybridized carbons (Fsp3) is 0.750. The number of carbonyl (C=O) groups is 1. The number of rotatable bonds is 4. The molecule has 0 saturated heterocycles. The second kappa shape index (κ2) is 3.55. The smallest absolute Gasteiger partial charge is 0.320 e. The SMILES string of the molecule is N#CC(C[C@@H](N)C(=O)O)C1CC1. The molecular weight excluding hydrogens is 156 g/mol. The summed E-state index contributed by atoms with van der Waals surface area (Å²) in [7, 11) is 0. The van der Waals surface area contributed by atoms with Crippen molar-refractivity contribution in [3.8, 4) is 6.07 Å². The highest BCUT2D eigenvalue weighted by atomic mass is 16.4. The first-order chi connectivity index (χ1) is 5.65. The summed E-state index contributed by atoms with van der Waals surface area (Å²) < 4.78 is 0. The zero-order valence-corrected chi connectivity index (χ0v) is 6.73. The van der Waals surface area contributed by atoms with Crippen molar-refractivity contribution in [3.63, 3.8) is 0 Å². The lowest BCUT2D eigenvalue weighted by Gasteiger charge is -2.09. The molecule has 1 unspecified atom stereocenters. The maximum absolute atomic E-state index is 10.4. The van der Waals surface area contributed by atoms with E-state index in [1.165, 1.54) is 0 Å². The largest absolute Gasteiger partial charge is 0.480 e. The molecule has 0 aromatic heterocycles. The first-order valence-corrected chi connectivity index (χ1v) is 4.03. The average molecular weight is 168 g/mol. The fourth-order valence-electron chi connectivity index (χ4n) is 1.22. The van der Waals surface area contributed by atoms with Gasteiger partial charge in [0.05, 0.1) is 12.0 Å². The maximum atomic E-state index is 10.4. The molecule has 1 fully saturated rings. The van der Waals surface area contributed by atoms with Crippen LogP contribution in [0.4, 0.5) is 0 Å². The lowest BCUT2D eigenvalue weighted by Crippen LogP contribution is -2.32. The van der Waals surface area contributed by atoms with Crippen LogP contribution in [0.5, 0.6) is 0 Å². The van der Waals surface area contributed by atoms with Gasteiger partial charge < -0.3 is 10.8 Å². The van der Waals surface area contributed by atoms with Crippen molar-refractivity contribution >= 4 is 5.97 Å². The molecule has 0 heterocycles. The third kappa shape index (κ3) is 2.21. The minimum absolute atomic E-state index is 0.156. The highest BCUT2D eigenvalue weighted by molar-refractivity contribution is 5.73. The van der Waals surface area contributed by atoms with Crippen molar-refractivity contribution in [3.05, 3.63) is 0 Å². The molecule has 0 aliphatic heterocycles. The third-order valence-electron chi connectivity index (χ3n) is 2.18. The number of hydrogen-bond donors (Lipinski definition) is 2. The van der Waals surface area contributed by atoms with Gasteiger partial charge in [-0.05, 0) is 25.2 Å². The van der Waals surface area contributed by atoms with Crippen LogP contribution < -0.4 is 5.73 Å². The van der Waals surface area contributed by atoms with Crippen molar-refractivity contribution in [2.75, 3.05) is 0 Å². The van der Waals surface area contributed by atoms with Crippen LogP contribution in [0.1, 0.15) is 19.3 Å². The molecule has 0 bridgehead atoms. The Balaban J connectivity index is 2.37. The molecule has 66 valence electrons. The summed E-state index contributed by atoms with van der Waals surface area (Å²) in [6.45, 7) is 0. The van der Waals surface area contributed by atoms with Crippen molar-refractivity contribution in [1.29, 1.82) is 5.26 Å². The molecule has 12 heavy (non-hydrogen) atoms. The molecule has 1 aliphatic carbocycles. The predicted molar refractivity (Wildman–Crippen MR) is 42.1 cm³/mol. The molecule has 0 spiro atoms. The molecule has 1 saturated carbocycles. The molecule has 4 heteroatoms. The summed E-state index contributed by atoms with van der Waals surface area (Å²) in [6.07, 6.45) is 2.38. The molecule has 1 aliphatic rings. The van der Waals surface area contributed by atoms with Crippen LogP contribution in [-0.2, 0) is 4.79 Å². The minimum atomic E-state index is -1.02. The molecule has 1 rings (SSSR count). The quantitative estimate of drug-likeness (QED) is 0.633. The van der Waals surface area contributed by atoms with Crippen molar-refractivity contribution < 1.29 is 9.90 Å². The first kappa shape index (κ1) is 9.01. The van der Waals surface area contributed by atoms with Crippen LogP contribution in [0.2, 0.25) is 0 Å². The number of aliphatic carboxylic acids is 1. The second-order valence-electron chi connectivity index (χ2n) is 3.25. The van der Waals surface area contributed by atoms with Gasteiger partial charge in [0.15, 0.2) is 0 Å². The normalized spacial score (nSPS) is 21.0. The molecular formula is C8H12N2O2. The number of carboxylic acids is 1. The average Bonchev–Trinajstić information content (AvgIpc) is 2.82. The molecule has 2 atom stereocenters. The van der Waals surface area contributed by atoms with Crippen LogP contribution >= 0.6 is 0 Å². The second-order valence-corrected chi connectivity index (χ2v) is 3.25. The van der Waals surface area contributed by atoms with Gasteiger partial charge in [-0.1, -0.05) is 0 Å². The minimum Gasteiger partial charge on any atom is -0.480 e. The van der Waals surface area contributed by atoms with E-state index in [1.54, 1.807) is 0 Å². The highest BCUT2D eigenvalue weighted by Gasteiger charge is 2.33. The van der Waals surface area contributed by atoms with Gasteiger partial charge in [0.25, 0.3) is 0 Å². The summed E-state index contributed by atoms with van der Waals surface area (Å²) in [4.78, 5) is 10.4. The van der Waals surface area contributed by atoms with E-state index in [-0.39, 0.29) is 12.3 Å². The number of hydrogen-bond acceptors (Lipinski definition) is 3. The van der Waals surface area contributed by atoms with E-state index in [2.05, 4.69) is 6.07 Å². The van der Waals surface area contributed by atoms with E-state index in [9.17, 15) is 4.79 Å². The highest BCUT2D eigenvalue weighted by Crippen LogP contribution is 2.38. The van der Waals surface area contributed by atoms with Gasteiger partial charge in [-0.2, -0.15) is 5.26 Å². The summed E-state index contributed by atoms with van der Waals surface area (Å²) in [6, 6.07) is 1.23. The molecule has 0 aromatic rings. The molecule has 0 radical (unpaired) electrons. The Bertz CT molecular complexity index is 218. The van der Waals surface area contributed by atoms with Gasteiger partial charge >= 0.3 is 5.97 Å². The lowest BCUT2D eigenvalue weighted by molar-refractivity contribution is -0.138. The Kier molecular flexibility index (Phi) is 2.66. The zero-order valence-electron chi connectivity index (χ0n) is 6.73. The first-order valence-electron chi connectivity index (χ1n) is 4.03. The standard InChI is InChI=1S/C8H12N2O2/c9-4-6(5-1-2-5)3-7(10)8(11)12/h5-7H,1-3,10H2,(H,11,12)/t6?,7-/m1/s1. The number of carboxylic acid groups (broad SMARTS) is 1. The van der Waals surface area contributed by atoms with Gasteiger partial charge in [0.1, 0.15) is 6.04 Å². The van der Waals surface area contributed by atoms with E-state index >= 15 is 0 Å². The van der Waals surface area contributed by atoms with E-state index in [1.807, 2.05) is 0 Å². The Morgan fingerprint density at radius 2 is 2.33 bits per heavy atom. The maximum Gasteiger partial charge on any atom is 0.320 e. The zero-order chi connectivity index (χ0) is 9.14. The number of nitrogens with zero attached hydrogens (tertiary/aromatic N) is 1. The monoisotopic (exact) mass is 168 g/mol. The summed E-state index contributed by atoms with van der Waals surface area (Å²) >= 11 is 0. The summed E-state index contributed by atoms with van der Waals surface area (Å²) in [5.41, 5.74) is 5.31. The lowest BCUT2D eigenvalue weighted by atomic mass is 9.97. The Hall–Kier alpha value is -1.08. The Labute approximate surface area is 71.0 Å². The Morgan fingerprint density at radius 1 is 1.75 bits per heavy atom. The van der Waals surface area contributed by atoms with Gasteiger partial charge in [-0.3, -0.25) is 4.79 Å². The number of nitriles is 1. The van der Waals surface area contributed by atoms with Gasteiger partial charge in [-0.15, -0.1) is 0 Å². The Morgan fingerprint density at radius 3 is 2.67 bits per heavy atom. The van der Waals surface area contributed by atoms with E-state index in [4.69, 9.17) is 16.1 Å². The molecule has 0 aromatic carbocycles. The van der Waals surface area contributed by atoms with Crippen molar-refractivity contribution in [2.45, 2.75) is 25.3 Å². The van der Waals surface area contributed by atoms with Crippen LogP contribution in [0.25, 0.3) is 0 Å². The van der Waals surface area contributed by atoms with E-state index in [0.717, 1.165) is 12.8 Å². The molecule has 4 nitrogen and oxygen atoms in total. The fourth-order valence-corrected chi connectivity index (χ4v) is 1.22. The summed E-state index contributed by atoms with van der Waals surface area (Å²) in [5.74, 6) is -0.771. The van der Waals surface area contributed by atoms with E-state index in [0.29, 0.717) is 5.92 Å². The van der Waals surface area contributed by atoms with Crippen molar-refractivity contribution in [1.82, 2.24) is 0 Å².